The molecule has 2 nitrogen and oxygen atoms in total. The third-order valence-corrected chi connectivity index (χ3v) is 5.10. The fourth-order valence-corrected chi connectivity index (χ4v) is 3.73. The molecule has 114 valence electrons. The summed E-state index contributed by atoms with van der Waals surface area (Å²) in [6.45, 7) is 6.93. The highest BCUT2D eigenvalue weighted by Crippen LogP contribution is 2.41. The number of halogens is 1. The smallest absolute Gasteiger partial charge is 0.111 e. The van der Waals surface area contributed by atoms with E-state index in [1.807, 2.05) is 0 Å². The molecule has 21 heavy (non-hydrogen) atoms. The summed E-state index contributed by atoms with van der Waals surface area (Å²) in [4.78, 5) is 4.83. The van der Waals surface area contributed by atoms with Crippen LogP contribution in [0.1, 0.15) is 57.0 Å². The second kappa shape index (κ2) is 5.64. The number of aryl methyl sites for hydroxylation is 2. The minimum Gasteiger partial charge on any atom is -0.325 e. The summed E-state index contributed by atoms with van der Waals surface area (Å²) < 4.78 is 2.49. The third-order valence-electron chi connectivity index (χ3n) is 4.91. The summed E-state index contributed by atoms with van der Waals surface area (Å²) >= 11 is 6.00. The van der Waals surface area contributed by atoms with Gasteiger partial charge in [0.1, 0.15) is 5.82 Å². The zero-order valence-corrected chi connectivity index (χ0v) is 14.1. The van der Waals surface area contributed by atoms with E-state index in [0.29, 0.717) is 17.3 Å². The second-order valence-corrected chi connectivity index (χ2v) is 7.60. The van der Waals surface area contributed by atoms with Crippen LogP contribution in [0.5, 0.6) is 0 Å². The van der Waals surface area contributed by atoms with Gasteiger partial charge in [0.25, 0.3) is 0 Å². The van der Waals surface area contributed by atoms with Crippen LogP contribution in [-0.2, 0) is 6.42 Å². The van der Waals surface area contributed by atoms with Crippen LogP contribution >= 0.6 is 11.6 Å². The van der Waals surface area contributed by atoms with Crippen molar-refractivity contribution in [3.05, 3.63) is 29.6 Å². The predicted molar refractivity (Wildman–Crippen MR) is 90.2 cm³/mol. The number of benzene rings is 1. The van der Waals surface area contributed by atoms with E-state index in [9.17, 15) is 0 Å². The van der Waals surface area contributed by atoms with Gasteiger partial charge in [-0.05, 0) is 55.7 Å². The summed E-state index contributed by atoms with van der Waals surface area (Å²) in [7, 11) is 0. The van der Waals surface area contributed by atoms with Crippen molar-refractivity contribution < 1.29 is 0 Å². The first-order valence-electron chi connectivity index (χ1n) is 8.04. The molecule has 0 radical (unpaired) electrons. The van der Waals surface area contributed by atoms with Crippen LogP contribution in [0.25, 0.3) is 11.0 Å². The second-order valence-electron chi connectivity index (χ2n) is 7.22. The van der Waals surface area contributed by atoms with Crippen molar-refractivity contribution in [3.8, 4) is 0 Å². The zero-order chi connectivity index (χ0) is 15.0. The van der Waals surface area contributed by atoms with Crippen molar-refractivity contribution in [2.45, 2.75) is 58.9 Å². The molecule has 2 aromatic rings. The van der Waals surface area contributed by atoms with Gasteiger partial charge in [-0.25, -0.2) is 4.98 Å². The minimum atomic E-state index is 0.495. The minimum absolute atomic E-state index is 0.495. The van der Waals surface area contributed by atoms with Gasteiger partial charge in [0.2, 0.25) is 0 Å². The number of fused-ring (bicyclic) bond motifs is 1. The normalized spacial score (nSPS) is 19.2. The molecular weight excluding hydrogens is 280 g/mol. The number of rotatable bonds is 3. The van der Waals surface area contributed by atoms with E-state index < -0.39 is 0 Å². The van der Waals surface area contributed by atoms with Gasteiger partial charge in [-0.1, -0.05) is 19.9 Å². The van der Waals surface area contributed by atoms with E-state index >= 15 is 0 Å². The molecule has 0 N–H and O–H groups in total. The van der Waals surface area contributed by atoms with Gasteiger partial charge in [0, 0.05) is 18.3 Å². The van der Waals surface area contributed by atoms with E-state index in [1.165, 1.54) is 36.8 Å². The Labute approximate surface area is 132 Å². The molecule has 0 aliphatic heterocycles. The Morgan fingerprint density at radius 3 is 2.67 bits per heavy atom. The molecule has 1 saturated carbocycles. The number of alkyl halides is 1. The molecule has 3 rings (SSSR count). The predicted octanol–water partition coefficient (Wildman–Crippen LogP) is 5.27. The van der Waals surface area contributed by atoms with Crippen molar-refractivity contribution in [1.82, 2.24) is 9.55 Å². The molecule has 0 spiro atoms. The monoisotopic (exact) mass is 304 g/mol. The van der Waals surface area contributed by atoms with E-state index in [0.717, 1.165) is 17.8 Å². The molecule has 1 fully saturated rings. The van der Waals surface area contributed by atoms with Crippen molar-refractivity contribution in [3.63, 3.8) is 0 Å². The summed E-state index contributed by atoms with van der Waals surface area (Å²) in [5, 5.41) is 0. The summed E-state index contributed by atoms with van der Waals surface area (Å²) in [5.74, 6) is 1.80. The SMILES string of the molecule is Cc1ccc2nc(CCCl)n(C3CCC(C)(C)CC3)c2c1. The Balaban J connectivity index is 2.02. The number of aromatic nitrogens is 2. The third kappa shape index (κ3) is 2.96. The lowest BCUT2D eigenvalue weighted by Crippen LogP contribution is -2.24. The van der Waals surface area contributed by atoms with E-state index in [-0.39, 0.29) is 0 Å². The average molecular weight is 305 g/mol. The fraction of sp³-hybridized carbons (Fsp3) is 0.611. The highest BCUT2D eigenvalue weighted by atomic mass is 35.5. The molecule has 1 heterocycles. The largest absolute Gasteiger partial charge is 0.325 e. The van der Waals surface area contributed by atoms with Gasteiger partial charge in [0.05, 0.1) is 11.0 Å². The van der Waals surface area contributed by atoms with Gasteiger partial charge in [-0.15, -0.1) is 11.6 Å². The van der Waals surface area contributed by atoms with Crippen LogP contribution in [0.2, 0.25) is 0 Å². The van der Waals surface area contributed by atoms with E-state index in [2.05, 4.69) is 43.5 Å². The maximum absolute atomic E-state index is 6.00. The first-order chi connectivity index (χ1) is 10.00. The Morgan fingerprint density at radius 2 is 2.00 bits per heavy atom. The Hall–Kier alpha value is -1.02. The highest BCUT2D eigenvalue weighted by molar-refractivity contribution is 6.17. The lowest BCUT2D eigenvalue weighted by Gasteiger charge is -2.35. The molecule has 1 aromatic carbocycles. The molecule has 0 bridgehead atoms. The van der Waals surface area contributed by atoms with Gasteiger partial charge >= 0.3 is 0 Å². The maximum Gasteiger partial charge on any atom is 0.111 e. The molecule has 0 amide bonds. The standard InChI is InChI=1S/C18H25ClN2/c1-13-4-5-15-16(12-13)21(17(20-15)8-11-19)14-6-9-18(2,3)10-7-14/h4-5,12,14H,6-11H2,1-3H3. The van der Waals surface area contributed by atoms with E-state index in [1.54, 1.807) is 0 Å². The van der Waals surface area contributed by atoms with Crippen molar-refractivity contribution in [2.75, 3.05) is 5.88 Å². The van der Waals surface area contributed by atoms with Gasteiger partial charge in [-0.2, -0.15) is 0 Å². The van der Waals surface area contributed by atoms with Crippen LogP contribution in [0.4, 0.5) is 0 Å². The fourth-order valence-electron chi connectivity index (χ4n) is 3.56. The molecule has 0 saturated heterocycles. The number of hydrogen-bond acceptors (Lipinski definition) is 1. The molecular formula is C18H25ClN2. The van der Waals surface area contributed by atoms with Crippen LogP contribution < -0.4 is 0 Å². The van der Waals surface area contributed by atoms with Crippen LogP contribution in [0.3, 0.4) is 0 Å². The average Bonchev–Trinajstić information content (AvgIpc) is 2.77. The quantitative estimate of drug-likeness (QED) is 0.707. The van der Waals surface area contributed by atoms with Crippen LogP contribution in [0, 0.1) is 12.3 Å². The lowest BCUT2D eigenvalue weighted by molar-refractivity contribution is 0.194. The van der Waals surface area contributed by atoms with Gasteiger partial charge in [0.15, 0.2) is 0 Å². The zero-order valence-electron chi connectivity index (χ0n) is 13.3. The first kappa shape index (κ1) is 14.9. The van der Waals surface area contributed by atoms with Crippen molar-refractivity contribution >= 4 is 22.6 Å². The van der Waals surface area contributed by atoms with Crippen molar-refractivity contribution in [2.24, 2.45) is 5.41 Å². The van der Waals surface area contributed by atoms with Crippen LogP contribution in [0.15, 0.2) is 18.2 Å². The molecule has 0 unspecified atom stereocenters. The molecule has 1 aliphatic carbocycles. The number of nitrogens with zero attached hydrogens (tertiary/aromatic N) is 2. The lowest BCUT2D eigenvalue weighted by atomic mass is 9.75. The maximum atomic E-state index is 6.00. The molecule has 1 aromatic heterocycles. The topological polar surface area (TPSA) is 17.8 Å². The van der Waals surface area contributed by atoms with Gasteiger partial charge in [-0.3, -0.25) is 0 Å². The Morgan fingerprint density at radius 1 is 1.29 bits per heavy atom. The Kier molecular flexibility index (Phi) is 4.00. The van der Waals surface area contributed by atoms with Gasteiger partial charge < -0.3 is 4.57 Å². The highest BCUT2D eigenvalue weighted by Gasteiger charge is 2.29. The number of hydrogen-bond donors (Lipinski definition) is 0. The first-order valence-corrected chi connectivity index (χ1v) is 8.57. The van der Waals surface area contributed by atoms with E-state index in [4.69, 9.17) is 16.6 Å². The Bertz CT molecular complexity index is 632. The van der Waals surface area contributed by atoms with Crippen LogP contribution in [-0.4, -0.2) is 15.4 Å². The molecule has 1 aliphatic rings. The summed E-state index contributed by atoms with van der Waals surface area (Å²) in [6, 6.07) is 7.16. The number of imidazole rings is 1. The van der Waals surface area contributed by atoms with Crippen molar-refractivity contribution in [1.29, 1.82) is 0 Å². The molecule has 3 heteroatoms. The summed E-state index contributed by atoms with van der Waals surface area (Å²) in [5.41, 5.74) is 4.21. The summed E-state index contributed by atoms with van der Waals surface area (Å²) in [6.07, 6.45) is 5.95. The molecule has 0 atom stereocenters.